The van der Waals surface area contributed by atoms with Gasteiger partial charge >= 0.3 is 0 Å². The van der Waals surface area contributed by atoms with Crippen molar-refractivity contribution >= 4 is 24.6 Å². The van der Waals surface area contributed by atoms with Gasteiger partial charge in [-0.15, -0.1) is 0 Å². The minimum atomic E-state index is -2.71. The molecule has 2 aliphatic heterocycles. The van der Waals surface area contributed by atoms with Crippen LogP contribution in [-0.4, -0.2) is 44.0 Å². The Balaban J connectivity index is 1.58. The minimum Gasteiger partial charge on any atom is -0.405 e. The molecule has 5 rings (SSSR count). The lowest BCUT2D eigenvalue weighted by Gasteiger charge is -2.45. The van der Waals surface area contributed by atoms with Gasteiger partial charge in [-0.05, 0) is 34.7 Å². The summed E-state index contributed by atoms with van der Waals surface area (Å²) in [6.45, 7) is 7.40. The number of carbonyl (C=O) groups is 1. The lowest BCUT2D eigenvalue weighted by molar-refractivity contribution is -0.134. The molecule has 2 heterocycles. The maximum absolute atomic E-state index is 14.6. The van der Waals surface area contributed by atoms with Crippen LogP contribution in [0, 0.1) is 5.41 Å². The first-order chi connectivity index (χ1) is 14.7. The van der Waals surface area contributed by atoms with E-state index in [1.165, 1.54) is 10.4 Å². The predicted octanol–water partition coefficient (Wildman–Crippen LogP) is 4.06. The molecular formula is C26H32FNO2Si. The van der Waals surface area contributed by atoms with Crippen molar-refractivity contribution in [2.75, 3.05) is 13.2 Å². The molecule has 3 nitrogen and oxygen atoms in total. The van der Waals surface area contributed by atoms with Crippen molar-refractivity contribution < 1.29 is 13.6 Å². The summed E-state index contributed by atoms with van der Waals surface area (Å²) in [5, 5.41) is 2.30. The van der Waals surface area contributed by atoms with E-state index in [9.17, 15) is 9.18 Å². The van der Waals surface area contributed by atoms with Crippen LogP contribution in [0.2, 0.25) is 5.04 Å². The second-order valence-electron chi connectivity index (χ2n) is 10.9. The summed E-state index contributed by atoms with van der Waals surface area (Å²) in [6.07, 6.45) is 2.08. The van der Waals surface area contributed by atoms with Gasteiger partial charge in [-0.1, -0.05) is 81.4 Å². The van der Waals surface area contributed by atoms with E-state index < -0.39 is 20.0 Å². The molecule has 0 bridgehead atoms. The van der Waals surface area contributed by atoms with Crippen LogP contribution < -0.4 is 10.4 Å². The first kappa shape index (κ1) is 20.9. The van der Waals surface area contributed by atoms with Crippen molar-refractivity contribution in [1.29, 1.82) is 0 Å². The molecule has 1 amide bonds. The highest BCUT2D eigenvalue weighted by Gasteiger charge is 2.68. The molecule has 0 radical (unpaired) electrons. The van der Waals surface area contributed by atoms with Crippen LogP contribution in [0.25, 0.3) is 0 Å². The first-order valence-electron chi connectivity index (χ1n) is 11.4. The first-order valence-corrected chi connectivity index (χ1v) is 13.3. The zero-order valence-corrected chi connectivity index (χ0v) is 19.7. The number of carbonyl (C=O) groups excluding carboxylic acids is 1. The summed E-state index contributed by atoms with van der Waals surface area (Å²) < 4.78 is 21.7. The molecule has 0 aromatic heterocycles. The van der Waals surface area contributed by atoms with Crippen molar-refractivity contribution in [3.8, 4) is 0 Å². The number of hydrogen-bond acceptors (Lipinski definition) is 2. The molecule has 0 unspecified atom stereocenters. The Bertz CT molecular complexity index is 930. The molecule has 3 aliphatic rings. The van der Waals surface area contributed by atoms with Gasteiger partial charge in [0.2, 0.25) is 5.91 Å². The van der Waals surface area contributed by atoms with E-state index in [1.807, 2.05) is 17.0 Å². The molecule has 2 aromatic carbocycles. The standard InChI is InChI=1S/C26H32FNO2Si/c1-24(2,3)31(21-10-6-4-7-11-21,22-12-8-5-9-13-22)30-19-26-16-20(27)17-28(26)23(29)25(18-26)14-15-25/h4-13,20H,14-19H2,1-3H3/t20-,26-/m1/s1. The van der Waals surface area contributed by atoms with E-state index in [0.717, 1.165) is 19.3 Å². The fraction of sp³-hybridized carbons (Fsp3) is 0.500. The highest BCUT2D eigenvalue weighted by atomic mass is 28.4. The highest BCUT2D eigenvalue weighted by Crippen LogP contribution is 2.62. The molecule has 3 fully saturated rings. The van der Waals surface area contributed by atoms with E-state index in [0.29, 0.717) is 13.0 Å². The van der Waals surface area contributed by atoms with Gasteiger partial charge in [0.15, 0.2) is 0 Å². The quantitative estimate of drug-likeness (QED) is 0.661. The Morgan fingerprint density at radius 2 is 1.58 bits per heavy atom. The van der Waals surface area contributed by atoms with E-state index >= 15 is 0 Å². The Hall–Kier alpha value is -1.98. The SMILES string of the molecule is CC(C)(C)[Si](OC[C@]12C[C@@H](F)CN1C(=O)C1(CC1)C2)(c1ccccc1)c1ccccc1. The molecule has 31 heavy (non-hydrogen) atoms. The normalized spacial score (nSPS) is 27.0. The third kappa shape index (κ3) is 3.12. The highest BCUT2D eigenvalue weighted by molar-refractivity contribution is 6.99. The van der Waals surface area contributed by atoms with Crippen molar-refractivity contribution in [2.24, 2.45) is 5.41 Å². The molecule has 1 aliphatic carbocycles. The van der Waals surface area contributed by atoms with E-state index in [1.54, 1.807) is 0 Å². The van der Waals surface area contributed by atoms with Gasteiger partial charge in [-0.2, -0.15) is 0 Å². The minimum absolute atomic E-state index is 0.134. The lowest BCUT2D eigenvalue weighted by Crippen LogP contribution is -2.68. The summed E-state index contributed by atoms with van der Waals surface area (Å²) in [6, 6.07) is 21.1. The average molecular weight is 438 g/mol. The monoisotopic (exact) mass is 437 g/mol. The molecule has 0 N–H and O–H groups in total. The molecule has 1 saturated carbocycles. The largest absolute Gasteiger partial charge is 0.405 e. The molecule has 2 saturated heterocycles. The Kier molecular flexibility index (Phi) is 4.72. The smallest absolute Gasteiger partial charge is 0.261 e. The molecule has 2 aromatic rings. The third-order valence-electron chi connectivity index (χ3n) is 7.75. The number of hydrogen-bond donors (Lipinski definition) is 0. The zero-order valence-electron chi connectivity index (χ0n) is 18.7. The van der Waals surface area contributed by atoms with Crippen LogP contribution in [0.1, 0.15) is 46.5 Å². The Morgan fingerprint density at radius 3 is 2.06 bits per heavy atom. The maximum Gasteiger partial charge on any atom is 0.261 e. The van der Waals surface area contributed by atoms with Gasteiger partial charge < -0.3 is 9.33 Å². The van der Waals surface area contributed by atoms with Gasteiger partial charge in [0, 0.05) is 6.42 Å². The summed E-state index contributed by atoms with van der Waals surface area (Å²) in [4.78, 5) is 14.9. The topological polar surface area (TPSA) is 29.5 Å². The Morgan fingerprint density at radius 1 is 1.03 bits per heavy atom. The summed E-state index contributed by atoms with van der Waals surface area (Å²) in [5.41, 5.74) is -0.727. The Labute approximate surface area is 185 Å². The van der Waals surface area contributed by atoms with E-state index in [-0.39, 0.29) is 22.9 Å². The van der Waals surface area contributed by atoms with Crippen molar-refractivity contribution in [1.82, 2.24) is 4.90 Å². The fourth-order valence-electron chi connectivity index (χ4n) is 6.17. The van der Waals surface area contributed by atoms with Gasteiger partial charge in [-0.3, -0.25) is 4.79 Å². The summed E-state index contributed by atoms with van der Waals surface area (Å²) >= 11 is 0. The maximum atomic E-state index is 14.6. The lowest BCUT2D eigenvalue weighted by atomic mass is 9.89. The molecular weight excluding hydrogens is 405 g/mol. The van der Waals surface area contributed by atoms with Gasteiger partial charge in [0.1, 0.15) is 6.17 Å². The molecule has 1 spiro atoms. The second kappa shape index (κ2) is 7.01. The van der Waals surface area contributed by atoms with Crippen LogP contribution in [0.3, 0.4) is 0 Å². The average Bonchev–Trinajstić information content (AvgIpc) is 3.40. The number of halogens is 1. The zero-order chi connectivity index (χ0) is 21.9. The number of alkyl halides is 1. The molecule has 5 heteroatoms. The second-order valence-corrected chi connectivity index (χ2v) is 15.2. The number of fused-ring (bicyclic) bond motifs is 1. The van der Waals surface area contributed by atoms with E-state index in [4.69, 9.17) is 4.43 Å². The fourth-order valence-corrected chi connectivity index (χ4v) is 10.8. The summed E-state index contributed by atoms with van der Waals surface area (Å²) in [5.74, 6) is 0.165. The van der Waals surface area contributed by atoms with Crippen LogP contribution in [0.4, 0.5) is 4.39 Å². The van der Waals surface area contributed by atoms with E-state index in [2.05, 4.69) is 69.3 Å². The summed E-state index contributed by atoms with van der Waals surface area (Å²) in [7, 11) is -2.71. The van der Waals surface area contributed by atoms with Gasteiger partial charge in [0.25, 0.3) is 8.32 Å². The van der Waals surface area contributed by atoms with Crippen molar-refractivity contribution in [2.45, 2.75) is 63.2 Å². The van der Waals surface area contributed by atoms with Gasteiger partial charge in [0.05, 0.1) is 24.1 Å². The van der Waals surface area contributed by atoms with Crippen LogP contribution in [-0.2, 0) is 9.22 Å². The van der Waals surface area contributed by atoms with Crippen molar-refractivity contribution in [3.63, 3.8) is 0 Å². The molecule has 164 valence electrons. The number of benzene rings is 2. The number of amides is 1. The van der Waals surface area contributed by atoms with Crippen LogP contribution >= 0.6 is 0 Å². The number of nitrogens with zero attached hydrogens (tertiary/aromatic N) is 1. The van der Waals surface area contributed by atoms with Crippen LogP contribution in [0.15, 0.2) is 60.7 Å². The predicted molar refractivity (Wildman–Crippen MR) is 124 cm³/mol. The third-order valence-corrected chi connectivity index (χ3v) is 12.7. The number of rotatable bonds is 5. The van der Waals surface area contributed by atoms with Gasteiger partial charge in [-0.25, -0.2) is 4.39 Å². The van der Waals surface area contributed by atoms with Crippen molar-refractivity contribution in [3.05, 3.63) is 60.7 Å². The van der Waals surface area contributed by atoms with Crippen LogP contribution in [0.5, 0.6) is 0 Å². The molecule has 2 atom stereocenters.